The molecule has 1 fully saturated rings. The van der Waals surface area contributed by atoms with E-state index in [1.54, 1.807) is 11.0 Å². The van der Waals surface area contributed by atoms with Gasteiger partial charge in [0.25, 0.3) is 0 Å². The number of rotatable bonds is 2. The molecule has 0 N–H and O–H groups in total. The van der Waals surface area contributed by atoms with Gasteiger partial charge >= 0.3 is 6.09 Å². The van der Waals surface area contributed by atoms with Crippen LogP contribution in [0, 0.1) is 5.82 Å². The van der Waals surface area contributed by atoms with Crippen molar-refractivity contribution in [2.75, 3.05) is 13.1 Å². The highest BCUT2D eigenvalue weighted by atomic mass is 19.1. The molecule has 1 aliphatic rings. The third-order valence-corrected chi connectivity index (χ3v) is 5.50. The van der Waals surface area contributed by atoms with Gasteiger partial charge in [0.05, 0.1) is 11.2 Å². The van der Waals surface area contributed by atoms with Gasteiger partial charge in [0.2, 0.25) is 0 Å². The van der Waals surface area contributed by atoms with Crippen molar-refractivity contribution in [3.63, 3.8) is 0 Å². The summed E-state index contributed by atoms with van der Waals surface area (Å²) in [4.78, 5) is 14.4. The normalized spacial score (nSPS) is 17.4. The van der Waals surface area contributed by atoms with Crippen LogP contribution < -0.4 is 0 Å². The molecule has 1 atom stereocenters. The van der Waals surface area contributed by atoms with Gasteiger partial charge in [0.15, 0.2) is 0 Å². The van der Waals surface area contributed by atoms with E-state index in [9.17, 15) is 9.18 Å². The Morgan fingerprint density at radius 2 is 1.93 bits per heavy atom. The number of halogens is 1. The third-order valence-electron chi connectivity index (χ3n) is 5.50. The zero-order chi connectivity index (χ0) is 21.5. The van der Waals surface area contributed by atoms with Gasteiger partial charge in [-0.05, 0) is 62.9 Å². The Morgan fingerprint density at radius 1 is 1.17 bits per heavy atom. The summed E-state index contributed by atoms with van der Waals surface area (Å²) in [5, 5.41) is 5.79. The summed E-state index contributed by atoms with van der Waals surface area (Å²) < 4.78 is 21.1. The zero-order valence-corrected chi connectivity index (χ0v) is 18.0. The van der Waals surface area contributed by atoms with Gasteiger partial charge in [-0.25, -0.2) is 9.18 Å². The molecule has 0 radical (unpaired) electrons. The molecular formula is C24H28FN3O2. The molecule has 30 heavy (non-hydrogen) atoms. The molecule has 1 aromatic heterocycles. The highest BCUT2D eigenvalue weighted by molar-refractivity contribution is 5.87. The highest BCUT2D eigenvalue weighted by Gasteiger charge is 2.30. The number of aryl methyl sites for hydroxylation is 1. The number of fused-ring (bicyclic) bond motifs is 1. The number of benzene rings is 2. The number of ether oxygens (including phenoxy) is 1. The van der Waals surface area contributed by atoms with Gasteiger partial charge in [0.1, 0.15) is 11.4 Å². The zero-order valence-electron chi connectivity index (χ0n) is 18.0. The first-order valence-electron chi connectivity index (χ1n) is 10.4. The summed E-state index contributed by atoms with van der Waals surface area (Å²) in [6.45, 7) is 6.99. The first-order valence-corrected chi connectivity index (χ1v) is 10.4. The van der Waals surface area contributed by atoms with Crippen LogP contribution in [0.1, 0.15) is 45.2 Å². The number of carbonyl (C=O) groups excluding carboxylic acids is 1. The molecule has 0 saturated carbocycles. The van der Waals surface area contributed by atoms with Gasteiger partial charge < -0.3 is 9.64 Å². The van der Waals surface area contributed by atoms with Gasteiger partial charge in [0, 0.05) is 31.4 Å². The van der Waals surface area contributed by atoms with Crippen LogP contribution in [0.2, 0.25) is 0 Å². The van der Waals surface area contributed by atoms with Crippen molar-refractivity contribution in [3.05, 3.63) is 54.0 Å². The molecule has 0 spiro atoms. The Morgan fingerprint density at radius 3 is 2.67 bits per heavy atom. The van der Waals surface area contributed by atoms with Crippen molar-refractivity contribution >= 4 is 17.0 Å². The molecule has 1 amide bonds. The average Bonchev–Trinajstić information content (AvgIpc) is 3.01. The van der Waals surface area contributed by atoms with Gasteiger partial charge in [-0.1, -0.05) is 24.3 Å². The summed E-state index contributed by atoms with van der Waals surface area (Å²) in [5.74, 6) is -0.0555. The Balaban J connectivity index is 1.62. The van der Waals surface area contributed by atoms with Crippen LogP contribution in [0.3, 0.4) is 0 Å². The fraction of sp³-hybridized carbons (Fsp3) is 0.417. The molecule has 4 rings (SSSR count). The lowest BCUT2D eigenvalue weighted by Gasteiger charge is -2.34. The molecule has 1 unspecified atom stereocenters. The number of likely N-dealkylation sites (tertiary alicyclic amines) is 1. The molecule has 6 heteroatoms. The van der Waals surface area contributed by atoms with Crippen molar-refractivity contribution < 1.29 is 13.9 Å². The fourth-order valence-electron chi connectivity index (χ4n) is 4.25. The van der Waals surface area contributed by atoms with Crippen molar-refractivity contribution in [2.24, 2.45) is 7.05 Å². The summed E-state index contributed by atoms with van der Waals surface area (Å²) >= 11 is 0. The Hall–Kier alpha value is -2.89. The lowest BCUT2D eigenvalue weighted by atomic mass is 9.92. The van der Waals surface area contributed by atoms with Crippen molar-refractivity contribution in [2.45, 2.75) is 45.1 Å². The van der Waals surface area contributed by atoms with E-state index in [0.717, 1.165) is 40.6 Å². The Bertz CT molecular complexity index is 1080. The first kappa shape index (κ1) is 20.4. The number of hydrogen-bond donors (Lipinski definition) is 0. The van der Waals surface area contributed by atoms with Crippen LogP contribution in [0.5, 0.6) is 0 Å². The monoisotopic (exact) mass is 409 g/mol. The maximum atomic E-state index is 13.6. The van der Waals surface area contributed by atoms with Gasteiger partial charge in [-0.3, -0.25) is 4.68 Å². The van der Waals surface area contributed by atoms with Gasteiger partial charge in [-0.15, -0.1) is 0 Å². The van der Waals surface area contributed by atoms with E-state index in [1.807, 2.05) is 50.7 Å². The maximum absolute atomic E-state index is 13.6. The fourth-order valence-corrected chi connectivity index (χ4v) is 4.25. The summed E-state index contributed by atoms with van der Waals surface area (Å²) in [6, 6.07) is 12.7. The third kappa shape index (κ3) is 4.18. The smallest absolute Gasteiger partial charge is 0.410 e. The van der Waals surface area contributed by atoms with E-state index in [0.29, 0.717) is 13.1 Å². The number of amides is 1. The summed E-state index contributed by atoms with van der Waals surface area (Å²) in [7, 11) is 1.95. The molecule has 2 aromatic carbocycles. The predicted octanol–water partition coefficient (Wildman–Crippen LogP) is 5.49. The molecule has 158 valence electrons. The van der Waals surface area contributed by atoms with Crippen LogP contribution in [0.25, 0.3) is 22.0 Å². The summed E-state index contributed by atoms with van der Waals surface area (Å²) in [5.41, 5.74) is 3.27. The van der Waals surface area contributed by atoms with E-state index in [4.69, 9.17) is 9.84 Å². The minimum atomic E-state index is -0.503. The topological polar surface area (TPSA) is 47.4 Å². The lowest BCUT2D eigenvalue weighted by molar-refractivity contribution is 0.0196. The minimum absolute atomic E-state index is 0.196. The molecule has 0 bridgehead atoms. The second kappa shape index (κ2) is 7.74. The number of aromatic nitrogens is 2. The largest absolute Gasteiger partial charge is 0.444 e. The van der Waals surface area contributed by atoms with E-state index in [1.165, 1.54) is 12.1 Å². The molecule has 5 nitrogen and oxygen atoms in total. The Labute approximate surface area is 176 Å². The average molecular weight is 410 g/mol. The Kier molecular flexibility index (Phi) is 5.26. The first-order chi connectivity index (χ1) is 14.2. The van der Waals surface area contributed by atoms with Crippen LogP contribution in [0.4, 0.5) is 9.18 Å². The van der Waals surface area contributed by atoms with Crippen molar-refractivity contribution in [3.8, 4) is 11.1 Å². The van der Waals surface area contributed by atoms with E-state index >= 15 is 0 Å². The van der Waals surface area contributed by atoms with Crippen LogP contribution >= 0.6 is 0 Å². The van der Waals surface area contributed by atoms with Gasteiger partial charge in [-0.2, -0.15) is 5.10 Å². The predicted molar refractivity (Wildman–Crippen MR) is 116 cm³/mol. The standard InChI is InChI=1S/C24H28FN3O2/c1-24(2,3)30-23(29)28-12-6-8-18(15-28)22-20-11-10-17(14-21(20)26-27(22)4)16-7-5-9-19(25)13-16/h5,7,9-11,13-14,18H,6,8,12,15H2,1-4H3. The van der Waals surface area contributed by atoms with Crippen LogP contribution in [-0.2, 0) is 11.8 Å². The SMILES string of the molecule is Cn1nc2cc(-c3cccc(F)c3)ccc2c1C1CCCN(C(=O)OC(C)(C)C)C1. The minimum Gasteiger partial charge on any atom is -0.444 e. The second-order valence-electron chi connectivity index (χ2n) is 9.02. The van der Waals surface area contributed by atoms with Crippen molar-refractivity contribution in [1.82, 2.24) is 14.7 Å². The maximum Gasteiger partial charge on any atom is 0.410 e. The van der Waals surface area contributed by atoms with E-state index in [2.05, 4.69) is 6.07 Å². The van der Waals surface area contributed by atoms with Crippen molar-refractivity contribution in [1.29, 1.82) is 0 Å². The van der Waals surface area contributed by atoms with E-state index in [-0.39, 0.29) is 17.8 Å². The number of nitrogens with zero attached hydrogens (tertiary/aromatic N) is 3. The van der Waals surface area contributed by atoms with Crippen LogP contribution in [-0.4, -0.2) is 39.5 Å². The molecular weight excluding hydrogens is 381 g/mol. The number of piperidine rings is 1. The molecule has 1 saturated heterocycles. The summed E-state index contributed by atoms with van der Waals surface area (Å²) in [6.07, 6.45) is 1.67. The van der Waals surface area contributed by atoms with E-state index < -0.39 is 5.60 Å². The molecule has 1 aliphatic heterocycles. The van der Waals surface area contributed by atoms with Crippen LogP contribution in [0.15, 0.2) is 42.5 Å². The molecule has 3 aromatic rings. The lowest BCUT2D eigenvalue weighted by Crippen LogP contribution is -2.42. The molecule has 0 aliphatic carbocycles. The second-order valence-corrected chi connectivity index (χ2v) is 9.02. The number of hydrogen-bond acceptors (Lipinski definition) is 3. The molecule has 2 heterocycles. The number of carbonyl (C=O) groups is 1. The quantitative estimate of drug-likeness (QED) is 0.562. The highest BCUT2D eigenvalue weighted by Crippen LogP contribution is 2.34.